The van der Waals surface area contributed by atoms with Crippen molar-refractivity contribution in [2.24, 2.45) is 20.4 Å². The van der Waals surface area contributed by atoms with Crippen molar-refractivity contribution >= 4 is 33.8 Å². The fraction of sp³-hybridized carbons (Fsp3) is 0.375. The fourth-order valence-electron chi connectivity index (χ4n) is 3.86. The molecule has 3 N–H and O–H groups in total. The number of benzene rings is 1. The van der Waals surface area contributed by atoms with Gasteiger partial charge >= 0.3 is 6.18 Å². The number of aliphatic imine (C=N–C) groups is 3. The highest BCUT2D eigenvalue weighted by Crippen LogP contribution is 2.30. The monoisotopic (exact) mass is 456 g/mol. The Kier molecular flexibility index (Phi) is 5.67. The zero-order chi connectivity index (χ0) is 24.0. The topological polar surface area (TPSA) is 80.1 Å². The molecule has 0 atom stereocenters. The summed E-state index contributed by atoms with van der Waals surface area (Å²) in [4.78, 5) is 13.4. The molecule has 9 heteroatoms. The van der Waals surface area contributed by atoms with Crippen LogP contribution in [0.3, 0.4) is 0 Å². The minimum absolute atomic E-state index is 0.00489. The Hall–Kier alpha value is -3.36. The van der Waals surface area contributed by atoms with Crippen molar-refractivity contribution in [3.63, 3.8) is 0 Å². The van der Waals surface area contributed by atoms with Crippen LogP contribution in [0.15, 0.2) is 63.3 Å². The van der Waals surface area contributed by atoms with Crippen LogP contribution < -0.4 is 11.1 Å². The molecule has 33 heavy (non-hydrogen) atoms. The number of nitrogens with zero attached hydrogens (tertiary/aromatic N) is 4. The SMILES string of the molecule is C=C(NCC1=NC(c2cc3c(N)cccc3n2CC(F)(F)F)=NC1)C1=CN=C(C(C)(C)C)C1. The highest BCUT2D eigenvalue weighted by Gasteiger charge is 2.31. The molecule has 3 heterocycles. The summed E-state index contributed by atoms with van der Waals surface area (Å²) in [6.07, 6.45) is -1.82. The van der Waals surface area contributed by atoms with Gasteiger partial charge in [-0.1, -0.05) is 33.4 Å². The third-order valence-electron chi connectivity index (χ3n) is 5.71. The summed E-state index contributed by atoms with van der Waals surface area (Å²) in [5.74, 6) is 0.274. The third-order valence-corrected chi connectivity index (χ3v) is 5.71. The zero-order valence-electron chi connectivity index (χ0n) is 18.9. The number of fused-ring (bicyclic) bond motifs is 1. The fourth-order valence-corrected chi connectivity index (χ4v) is 3.86. The van der Waals surface area contributed by atoms with Gasteiger partial charge in [-0.2, -0.15) is 13.2 Å². The second-order valence-electron chi connectivity index (χ2n) is 9.32. The first-order valence-corrected chi connectivity index (χ1v) is 10.7. The number of amidine groups is 1. The molecule has 2 aliphatic rings. The van der Waals surface area contributed by atoms with E-state index in [1.165, 1.54) is 4.57 Å². The average molecular weight is 457 g/mol. The Labute approximate surface area is 190 Å². The van der Waals surface area contributed by atoms with E-state index in [4.69, 9.17) is 5.73 Å². The molecule has 2 aromatic rings. The van der Waals surface area contributed by atoms with E-state index < -0.39 is 12.7 Å². The maximum absolute atomic E-state index is 13.3. The summed E-state index contributed by atoms with van der Waals surface area (Å²) in [7, 11) is 0. The minimum Gasteiger partial charge on any atom is -0.398 e. The van der Waals surface area contributed by atoms with Crippen LogP contribution in [0.1, 0.15) is 32.9 Å². The molecule has 0 aliphatic carbocycles. The van der Waals surface area contributed by atoms with Crippen LogP contribution in [0.4, 0.5) is 18.9 Å². The molecule has 2 aliphatic heterocycles. The number of hydrogen-bond acceptors (Lipinski definition) is 5. The summed E-state index contributed by atoms with van der Waals surface area (Å²) in [6, 6.07) is 6.55. The molecule has 0 fully saturated rings. The highest BCUT2D eigenvalue weighted by molar-refractivity contribution is 6.13. The van der Waals surface area contributed by atoms with E-state index >= 15 is 0 Å². The van der Waals surface area contributed by atoms with Crippen molar-refractivity contribution in [3.8, 4) is 0 Å². The van der Waals surface area contributed by atoms with Crippen LogP contribution in [-0.4, -0.2) is 41.1 Å². The van der Waals surface area contributed by atoms with E-state index in [9.17, 15) is 13.2 Å². The molecule has 0 bridgehead atoms. The number of hydrogen-bond donors (Lipinski definition) is 2. The van der Waals surface area contributed by atoms with E-state index in [1.807, 2.05) is 6.20 Å². The summed E-state index contributed by atoms with van der Waals surface area (Å²) < 4.78 is 41.0. The van der Waals surface area contributed by atoms with Gasteiger partial charge in [-0.15, -0.1) is 0 Å². The number of alkyl halides is 3. The summed E-state index contributed by atoms with van der Waals surface area (Å²) in [5, 5.41) is 3.81. The molecule has 0 spiro atoms. The number of aromatic nitrogens is 1. The lowest BCUT2D eigenvalue weighted by Gasteiger charge is -2.19. The molecule has 0 saturated carbocycles. The van der Waals surface area contributed by atoms with Crippen LogP contribution in [0.5, 0.6) is 0 Å². The van der Waals surface area contributed by atoms with E-state index in [2.05, 4.69) is 47.6 Å². The third kappa shape index (κ3) is 4.86. The van der Waals surface area contributed by atoms with Gasteiger partial charge < -0.3 is 15.6 Å². The molecule has 4 rings (SSSR count). The molecule has 0 unspecified atom stereocenters. The van der Waals surface area contributed by atoms with Crippen LogP contribution in [0, 0.1) is 5.41 Å². The van der Waals surface area contributed by atoms with E-state index in [-0.39, 0.29) is 11.3 Å². The van der Waals surface area contributed by atoms with Gasteiger partial charge in [-0.3, -0.25) is 9.98 Å². The van der Waals surface area contributed by atoms with Crippen LogP contribution >= 0.6 is 0 Å². The van der Waals surface area contributed by atoms with Crippen molar-refractivity contribution in [3.05, 3.63) is 54.0 Å². The van der Waals surface area contributed by atoms with E-state index in [0.717, 1.165) is 29.1 Å². The smallest absolute Gasteiger partial charge is 0.398 e. The van der Waals surface area contributed by atoms with Gasteiger partial charge in [0.05, 0.1) is 30.0 Å². The van der Waals surface area contributed by atoms with E-state index in [0.29, 0.717) is 35.4 Å². The number of nitrogens with one attached hydrogen (secondary N) is 1. The molecule has 1 aromatic carbocycles. The van der Waals surface area contributed by atoms with E-state index in [1.54, 1.807) is 24.3 Å². The lowest BCUT2D eigenvalue weighted by atomic mass is 9.87. The Morgan fingerprint density at radius 1 is 1.24 bits per heavy atom. The Morgan fingerprint density at radius 3 is 2.67 bits per heavy atom. The van der Waals surface area contributed by atoms with Crippen LogP contribution in [0.25, 0.3) is 10.9 Å². The average Bonchev–Trinajstić information content (AvgIpc) is 3.44. The molecule has 6 nitrogen and oxygen atoms in total. The molecule has 174 valence electrons. The predicted molar refractivity (Wildman–Crippen MR) is 128 cm³/mol. The van der Waals surface area contributed by atoms with Gasteiger partial charge in [0, 0.05) is 40.5 Å². The molecule has 0 radical (unpaired) electrons. The predicted octanol–water partition coefficient (Wildman–Crippen LogP) is 4.87. The standard InChI is InChI=1S/C24H27F3N6/c1-14(15-8-21(30-10-15)23(2,3)4)29-11-16-12-31-22(32-16)20-9-17-18(28)6-5-7-19(17)33(20)13-24(25,26)27/h5-7,9-10,29H,1,8,11-13,28H2,2-4H3. The van der Waals surface area contributed by atoms with Crippen molar-refractivity contribution < 1.29 is 13.2 Å². The van der Waals surface area contributed by atoms with Gasteiger partial charge in [0.1, 0.15) is 6.54 Å². The van der Waals surface area contributed by atoms with Gasteiger partial charge in [-0.25, -0.2) is 4.99 Å². The lowest BCUT2D eigenvalue weighted by Crippen LogP contribution is -2.25. The van der Waals surface area contributed by atoms with Crippen LogP contribution in [0.2, 0.25) is 0 Å². The maximum Gasteiger partial charge on any atom is 0.406 e. The van der Waals surface area contributed by atoms with Crippen molar-refractivity contribution in [1.29, 1.82) is 0 Å². The molecule has 0 saturated heterocycles. The highest BCUT2D eigenvalue weighted by atomic mass is 19.4. The Balaban J connectivity index is 1.49. The van der Waals surface area contributed by atoms with Gasteiger partial charge in [-0.05, 0) is 23.8 Å². The van der Waals surface area contributed by atoms with Crippen LogP contribution in [-0.2, 0) is 6.54 Å². The first-order valence-electron chi connectivity index (χ1n) is 10.7. The maximum atomic E-state index is 13.3. The molecule has 1 aromatic heterocycles. The van der Waals surface area contributed by atoms with Crippen molar-refractivity contribution in [2.75, 3.05) is 18.8 Å². The normalized spacial score (nSPS) is 16.5. The van der Waals surface area contributed by atoms with Crippen molar-refractivity contribution in [1.82, 2.24) is 9.88 Å². The minimum atomic E-state index is -4.39. The number of anilines is 1. The number of nitrogens with two attached hydrogens (primary N) is 1. The van der Waals surface area contributed by atoms with Crippen molar-refractivity contribution in [2.45, 2.75) is 39.9 Å². The van der Waals surface area contributed by atoms with Gasteiger partial charge in [0.25, 0.3) is 0 Å². The zero-order valence-corrected chi connectivity index (χ0v) is 18.9. The largest absolute Gasteiger partial charge is 0.406 e. The number of rotatable bonds is 6. The molecular formula is C24H27F3N6. The number of halogens is 3. The number of nitrogen functional groups attached to an aromatic ring is 1. The Bertz CT molecular complexity index is 1240. The first-order chi connectivity index (χ1) is 15.4. The van der Waals surface area contributed by atoms with Gasteiger partial charge in [0.2, 0.25) is 0 Å². The quantitative estimate of drug-likeness (QED) is 0.609. The second kappa shape index (κ2) is 8.20. The number of allylic oxidation sites excluding steroid dienone is 1. The molecular weight excluding hydrogens is 429 g/mol. The summed E-state index contributed by atoms with van der Waals surface area (Å²) in [6.45, 7) is 10.0. The summed E-state index contributed by atoms with van der Waals surface area (Å²) in [5.41, 5.74) is 10.7. The lowest BCUT2D eigenvalue weighted by molar-refractivity contribution is -0.139. The second-order valence-corrected chi connectivity index (χ2v) is 9.32. The van der Waals surface area contributed by atoms with Gasteiger partial charge in [0.15, 0.2) is 5.84 Å². The molecule has 0 amide bonds. The Morgan fingerprint density at radius 2 is 2.00 bits per heavy atom. The first kappa shape index (κ1) is 22.8. The summed E-state index contributed by atoms with van der Waals surface area (Å²) >= 11 is 0.